The van der Waals surface area contributed by atoms with Gasteiger partial charge in [0.15, 0.2) is 6.10 Å². The SMILES string of the molecule is CCN1Cc2cc(OC(C)C(N)=O)ccc2C1=O. The number of amides is 2. The Bertz CT molecular complexity index is 499. The lowest BCUT2D eigenvalue weighted by molar-refractivity contribution is -0.123. The van der Waals surface area contributed by atoms with Crippen molar-refractivity contribution in [2.75, 3.05) is 6.54 Å². The van der Waals surface area contributed by atoms with Gasteiger partial charge in [-0.05, 0) is 37.6 Å². The van der Waals surface area contributed by atoms with E-state index in [9.17, 15) is 9.59 Å². The molecule has 0 spiro atoms. The average Bonchev–Trinajstić information content (AvgIpc) is 2.65. The molecule has 1 unspecified atom stereocenters. The van der Waals surface area contributed by atoms with E-state index in [-0.39, 0.29) is 5.91 Å². The third kappa shape index (κ3) is 2.16. The van der Waals surface area contributed by atoms with Crippen molar-refractivity contribution in [2.45, 2.75) is 26.5 Å². The minimum absolute atomic E-state index is 0.0435. The van der Waals surface area contributed by atoms with Gasteiger partial charge < -0.3 is 15.4 Å². The van der Waals surface area contributed by atoms with E-state index in [1.54, 1.807) is 30.0 Å². The summed E-state index contributed by atoms with van der Waals surface area (Å²) in [4.78, 5) is 24.6. The Kier molecular flexibility index (Phi) is 3.23. The first kappa shape index (κ1) is 12.4. The summed E-state index contributed by atoms with van der Waals surface area (Å²) in [6.45, 7) is 4.81. The van der Waals surface area contributed by atoms with Crippen LogP contribution in [0.15, 0.2) is 18.2 Å². The molecule has 18 heavy (non-hydrogen) atoms. The molecule has 0 radical (unpaired) electrons. The van der Waals surface area contributed by atoms with Gasteiger partial charge in [0, 0.05) is 18.7 Å². The quantitative estimate of drug-likeness (QED) is 0.861. The number of nitrogens with zero attached hydrogens (tertiary/aromatic N) is 1. The monoisotopic (exact) mass is 248 g/mol. The lowest BCUT2D eigenvalue weighted by Crippen LogP contribution is -2.30. The molecule has 0 bridgehead atoms. The number of carbonyl (C=O) groups excluding carboxylic acids is 2. The van der Waals surface area contributed by atoms with Crippen LogP contribution in [-0.4, -0.2) is 29.4 Å². The van der Waals surface area contributed by atoms with Crippen LogP contribution in [0, 0.1) is 0 Å². The van der Waals surface area contributed by atoms with E-state index < -0.39 is 12.0 Å². The number of benzene rings is 1. The van der Waals surface area contributed by atoms with Gasteiger partial charge in [0.1, 0.15) is 5.75 Å². The molecule has 96 valence electrons. The molecule has 1 aliphatic rings. The standard InChI is InChI=1S/C13H16N2O3/c1-3-15-7-9-6-10(18-8(2)12(14)16)4-5-11(9)13(15)17/h4-6,8H,3,7H2,1-2H3,(H2,14,16). The van der Waals surface area contributed by atoms with Crippen LogP contribution in [0.4, 0.5) is 0 Å². The molecule has 1 aromatic carbocycles. The molecule has 1 aliphatic heterocycles. The van der Waals surface area contributed by atoms with Crippen molar-refractivity contribution >= 4 is 11.8 Å². The predicted octanol–water partition coefficient (Wildman–Crippen LogP) is 0.915. The van der Waals surface area contributed by atoms with Gasteiger partial charge in [0.25, 0.3) is 11.8 Å². The molecule has 1 atom stereocenters. The molecule has 0 aromatic heterocycles. The summed E-state index contributed by atoms with van der Waals surface area (Å²) in [6, 6.07) is 5.22. The van der Waals surface area contributed by atoms with Gasteiger partial charge in [-0.3, -0.25) is 9.59 Å². The van der Waals surface area contributed by atoms with Gasteiger partial charge in [-0.2, -0.15) is 0 Å². The number of ether oxygens (including phenoxy) is 1. The van der Waals surface area contributed by atoms with E-state index in [0.717, 1.165) is 5.56 Å². The average molecular weight is 248 g/mol. The van der Waals surface area contributed by atoms with E-state index in [4.69, 9.17) is 10.5 Å². The zero-order valence-electron chi connectivity index (χ0n) is 10.5. The Morgan fingerprint density at radius 3 is 2.89 bits per heavy atom. The lowest BCUT2D eigenvalue weighted by atomic mass is 10.1. The molecule has 0 saturated heterocycles. The number of nitrogens with two attached hydrogens (primary N) is 1. The van der Waals surface area contributed by atoms with Crippen molar-refractivity contribution in [3.63, 3.8) is 0 Å². The topological polar surface area (TPSA) is 72.6 Å². The fourth-order valence-electron chi connectivity index (χ4n) is 1.95. The Balaban J connectivity index is 2.20. The molecule has 0 saturated carbocycles. The fourth-order valence-corrected chi connectivity index (χ4v) is 1.95. The molecule has 1 heterocycles. The van der Waals surface area contributed by atoms with Crippen LogP contribution in [0.2, 0.25) is 0 Å². The zero-order valence-corrected chi connectivity index (χ0v) is 10.5. The summed E-state index contributed by atoms with van der Waals surface area (Å²) >= 11 is 0. The number of rotatable bonds is 4. The fraction of sp³-hybridized carbons (Fsp3) is 0.385. The van der Waals surface area contributed by atoms with Gasteiger partial charge in [-0.15, -0.1) is 0 Å². The minimum Gasteiger partial charge on any atom is -0.481 e. The summed E-state index contributed by atoms with van der Waals surface area (Å²) < 4.78 is 5.40. The Morgan fingerprint density at radius 2 is 2.28 bits per heavy atom. The molecule has 2 rings (SSSR count). The summed E-state index contributed by atoms with van der Waals surface area (Å²) in [5.74, 6) is 0.0922. The molecular formula is C13H16N2O3. The van der Waals surface area contributed by atoms with Gasteiger partial charge in [-0.1, -0.05) is 0 Å². The second kappa shape index (κ2) is 4.68. The van der Waals surface area contributed by atoms with Gasteiger partial charge in [0.05, 0.1) is 0 Å². The molecule has 0 fully saturated rings. The van der Waals surface area contributed by atoms with Crippen molar-refractivity contribution < 1.29 is 14.3 Å². The maximum absolute atomic E-state index is 11.9. The predicted molar refractivity (Wildman–Crippen MR) is 66.1 cm³/mol. The van der Waals surface area contributed by atoms with Crippen LogP contribution >= 0.6 is 0 Å². The van der Waals surface area contributed by atoms with Crippen molar-refractivity contribution in [3.8, 4) is 5.75 Å². The number of fused-ring (bicyclic) bond motifs is 1. The first-order valence-corrected chi connectivity index (χ1v) is 5.91. The van der Waals surface area contributed by atoms with E-state index >= 15 is 0 Å². The van der Waals surface area contributed by atoms with E-state index in [1.165, 1.54) is 0 Å². The van der Waals surface area contributed by atoms with Crippen molar-refractivity contribution in [1.82, 2.24) is 4.90 Å². The highest BCUT2D eigenvalue weighted by Crippen LogP contribution is 2.26. The van der Waals surface area contributed by atoms with Crippen LogP contribution in [-0.2, 0) is 11.3 Å². The minimum atomic E-state index is -0.678. The molecule has 2 N–H and O–H groups in total. The number of hydrogen-bond acceptors (Lipinski definition) is 3. The van der Waals surface area contributed by atoms with Crippen LogP contribution in [0.25, 0.3) is 0 Å². The van der Waals surface area contributed by atoms with Gasteiger partial charge >= 0.3 is 0 Å². The van der Waals surface area contributed by atoms with Crippen LogP contribution in [0.1, 0.15) is 29.8 Å². The van der Waals surface area contributed by atoms with E-state index in [2.05, 4.69) is 0 Å². The van der Waals surface area contributed by atoms with Gasteiger partial charge in [-0.25, -0.2) is 0 Å². The zero-order chi connectivity index (χ0) is 13.3. The highest BCUT2D eigenvalue weighted by Gasteiger charge is 2.26. The maximum Gasteiger partial charge on any atom is 0.258 e. The largest absolute Gasteiger partial charge is 0.481 e. The normalized spacial score (nSPS) is 15.4. The molecule has 5 heteroatoms. The molecule has 2 amide bonds. The van der Waals surface area contributed by atoms with Crippen molar-refractivity contribution in [2.24, 2.45) is 5.73 Å². The van der Waals surface area contributed by atoms with Crippen LogP contribution < -0.4 is 10.5 Å². The van der Waals surface area contributed by atoms with Crippen molar-refractivity contribution in [1.29, 1.82) is 0 Å². The first-order chi connectivity index (χ1) is 8.52. The van der Waals surface area contributed by atoms with E-state index in [0.29, 0.717) is 24.4 Å². The second-order valence-electron chi connectivity index (χ2n) is 4.30. The smallest absolute Gasteiger partial charge is 0.258 e. The number of carbonyl (C=O) groups is 2. The van der Waals surface area contributed by atoms with E-state index in [1.807, 2.05) is 6.92 Å². The Labute approximate surface area is 106 Å². The van der Waals surface area contributed by atoms with Crippen LogP contribution in [0.3, 0.4) is 0 Å². The second-order valence-corrected chi connectivity index (χ2v) is 4.30. The number of hydrogen-bond donors (Lipinski definition) is 1. The molecular weight excluding hydrogens is 232 g/mol. The van der Waals surface area contributed by atoms with Crippen LogP contribution in [0.5, 0.6) is 5.75 Å². The Hall–Kier alpha value is -2.04. The summed E-state index contributed by atoms with van der Waals surface area (Å²) in [5.41, 5.74) is 6.77. The summed E-state index contributed by atoms with van der Waals surface area (Å²) in [7, 11) is 0. The summed E-state index contributed by atoms with van der Waals surface area (Å²) in [5, 5.41) is 0. The maximum atomic E-state index is 11.9. The molecule has 5 nitrogen and oxygen atoms in total. The first-order valence-electron chi connectivity index (χ1n) is 5.91. The number of primary amides is 1. The van der Waals surface area contributed by atoms with Gasteiger partial charge in [0.2, 0.25) is 0 Å². The molecule has 0 aliphatic carbocycles. The van der Waals surface area contributed by atoms with Crippen molar-refractivity contribution in [3.05, 3.63) is 29.3 Å². The Morgan fingerprint density at radius 1 is 1.56 bits per heavy atom. The third-order valence-electron chi connectivity index (χ3n) is 3.05. The summed E-state index contributed by atoms with van der Waals surface area (Å²) in [6.07, 6.45) is -0.678. The molecule has 1 aromatic rings. The highest BCUT2D eigenvalue weighted by atomic mass is 16.5. The lowest BCUT2D eigenvalue weighted by Gasteiger charge is -2.11. The highest BCUT2D eigenvalue weighted by molar-refractivity contribution is 5.98. The third-order valence-corrected chi connectivity index (χ3v) is 3.05.